The van der Waals surface area contributed by atoms with Gasteiger partial charge in [0.1, 0.15) is 11.6 Å². The van der Waals surface area contributed by atoms with Gasteiger partial charge in [0, 0.05) is 0 Å². The van der Waals surface area contributed by atoms with Gasteiger partial charge in [-0.15, -0.1) is 0 Å². The quantitative estimate of drug-likeness (QED) is 0.612. The number of ether oxygens (including phenoxy) is 1. The zero-order valence-electron chi connectivity index (χ0n) is 14.6. The van der Waals surface area contributed by atoms with E-state index in [1.54, 1.807) is 6.07 Å². The number of benzene rings is 2. The molecule has 0 saturated carbocycles. The van der Waals surface area contributed by atoms with Crippen molar-refractivity contribution in [2.45, 2.75) is 20.3 Å². The molecule has 0 aliphatic carbocycles. The molecule has 0 aliphatic heterocycles. The highest BCUT2D eigenvalue weighted by Gasteiger charge is 2.10. The molecule has 134 valence electrons. The third kappa shape index (κ3) is 4.38. The number of carbonyl (C=O) groups excluding carboxylic acids is 2. The zero-order chi connectivity index (χ0) is 18.5. The summed E-state index contributed by atoms with van der Waals surface area (Å²) in [7, 11) is 0. The topological polar surface area (TPSA) is 96.1 Å². The molecule has 7 heteroatoms. The fourth-order valence-electron chi connectivity index (χ4n) is 2.41. The predicted octanol–water partition coefficient (Wildman–Crippen LogP) is 1.95. The van der Waals surface area contributed by atoms with Crippen LogP contribution < -0.4 is 15.6 Å². The molecule has 0 saturated heterocycles. The van der Waals surface area contributed by atoms with E-state index in [9.17, 15) is 9.59 Å². The fraction of sp³-hybridized carbons (Fsp3) is 0.211. The molecule has 0 unspecified atom stereocenters. The van der Waals surface area contributed by atoms with Crippen molar-refractivity contribution in [2.24, 2.45) is 0 Å². The first-order valence-electron chi connectivity index (χ1n) is 8.22. The van der Waals surface area contributed by atoms with E-state index in [0.29, 0.717) is 11.6 Å². The summed E-state index contributed by atoms with van der Waals surface area (Å²) in [6.45, 7) is 3.79. The van der Waals surface area contributed by atoms with Gasteiger partial charge in [0.2, 0.25) is 5.91 Å². The van der Waals surface area contributed by atoms with Gasteiger partial charge >= 0.3 is 0 Å². The molecule has 1 aromatic heterocycles. The number of hydrogen-bond acceptors (Lipinski definition) is 4. The number of aromatic nitrogens is 2. The fourth-order valence-corrected chi connectivity index (χ4v) is 2.41. The Balaban J connectivity index is 1.44. The number of hydrogen-bond donors (Lipinski definition) is 3. The second kappa shape index (κ2) is 7.69. The molecule has 2 amide bonds. The molecule has 1 heterocycles. The Kier molecular flexibility index (Phi) is 5.17. The number of aromatic amines is 1. The van der Waals surface area contributed by atoms with E-state index >= 15 is 0 Å². The Bertz CT molecular complexity index is 916. The number of aryl methyl sites for hydroxylation is 2. The minimum atomic E-state index is -0.443. The van der Waals surface area contributed by atoms with E-state index in [1.807, 2.05) is 50.2 Å². The molecule has 0 radical (unpaired) electrons. The minimum absolute atomic E-state index is 0.0347. The molecule has 26 heavy (non-hydrogen) atoms. The van der Waals surface area contributed by atoms with E-state index in [1.165, 1.54) is 0 Å². The molecule has 3 rings (SSSR count). The number of H-pyrrole nitrogens is 1. The van der Waals surface area contributed by atoms with E-state index in [0.717, 1.165) is 22.2 Å². The Labute approximate surface area is 150 Å². The highest BCUT2D eigenvalue weighted by Crippen LogP contribution is 2.16. The number of nitrogens with one attached hydrogen (secondary N) is 3. The first-order valence-corrected chi connectivity index (χ1v) is 8.22. The van der Waals surface area contributed by atoms with Gasteiger partial charge in [-0.25, -0.2) is 4.98 Å². The van der Waals surface area contributed by atoms with Crippen LogP contribution in [0.5, 0.6) is 5.75 Å². The van der Waals surface area contributed by atoms with Gasteiger partial charge in [-0.1, -0.05) is 18.2 Å². The number of fused-ring (bicyclic) bond motifs is 1. The number of nitrogens with zero attached hydrogens (tertiary/aromatic N) is 1. The summed E-state index contributed by atoms with van der Waals surface area (Å²) in [5.74, 6) is 0.325. The zero-order valence-corrected chi connectivity index (χ0v) is 14.6. The van der Waals surface area contributed by atoms with E-state index in [-0.39, 0.29) is 18.9 Å². The van der Waals surface area contributed by atoms with Crippen LogP contribution >= 0.6 is 0 Å². The number of carbonyl (C=O) groups is 2. The maximum absolute atomic E-state index is 11.9. The number of rotatable bonds is 5. The lowest BCUT2D eigenvalue weighted by atomic mass is 10.1. The van der Waals surface area contributed by atoms with Crippen LogP contribution in [0.15, 0.2) is 42.5 Å². The number of hydrazine groups is 1. The Morgan fingerprint density at radius 3 is 2.58 bits per heavy atom. The van der Waals surface area contributed by atoms with Crippen molar-refractivity contribution in [1.29, 1.82) is 0 Å². The standard InChI is InChI=1S/C19H20N4O3/c1-12-7-8-14(9-13(12)2)26-11-19(25)23-22-18(24)10-17-20-15-5-3-4-6-16(15)21-17/h3-9H,10-11H2,1-2H3,(H,20,21)(H,22,24)(H,23,25). The largest absolute Gasteiger partial charge is 0.484 e. The molecule has 3 N–H and O–H groups in total. The summed E-state index contributed by atoms with van der Waals surface area (Å²) in [6.07, 6.45) is 0.0347. The molecule has 0 aliphatic rings. The van der Waals surface area contributed by atoms with Crippen molar-refractivity contribution >= 4 is 22.8 Å². The predicted molar refractivity (Wildman–Crippen MR) is 97.5 cm³/mol. The molecule has 0 spiro atoms. The summed E-state index contributed by atoms with van der Waals surface area (Å²) >= 11 is 0. The normalized spacial score (nSPS) is 10.5. The summed E-state index contributed by atoms with van der Waals surface area (Å²) in [5.41, 5.74) is 8.57. The van der Waals surface area contributed by atoms with E-state index in [2.05, 4.69) is 20.8 Å². The lowest BCUT2D eigenvalue weighted by molar-refractivity contribution is -0.129. The van der Waals surface area contributed by atoms with Gasteiger partial charge in [-0.05, 0) is 49.2 Å². The van der Waals surface area contributed by atoms with Gasteiger partial charge in [0.25, 0.3) is 5.91 Å². The second-order valence-electron chi connectivity index (χ2n) is 6.01. The number of imidazole rings is 1. The first-order chi connectivity index (χ1) is 12.5. The van der Waals surface area contributed by atoms with E-state index in [4.69, 9.17) is 4.74 Å². The van der Waals surface area contributed by atoms with Crippen LogP contribution in [0.25, 0.3) is 11.0 Å². The Morgan fingerprint density at radius 1 is 1.04 bits per heavy atom. The van der Waals surface area contributed by atoms with Crippen molar-refractivity contribution in [3.63, 3.8) is 0 Å². The van der Waals surface area contributed by atoms with Crippen LogP contribution in [0, 0.1) is 13.8 Å². The molecular formula is C19H20N4O3. The molecule has 0 bridgehead atoms. The number of para-hydroxylation sites is 2. The summed E-state index contributed by atoms with van der Waals surface area (Å²) in [6, 6.07) is 13.1. The minimum Gasteiger partial charge on any atom is -0.484 e. The monoisotopic (exact) mass is 352 g/mol. The van der Waals surface area contributed by atoms with Gasteiger partial charge in [-0.2, -0.15) is 0 Å². The maximum atomic E-state index is 11.9. The van der Waals surface area contributed by atoms with Crippen molar-refractivity contribution < 1.29 is 14.3 Å². The smallest absolute Gasteiger partial charge is 0.276 e. The highest BCUT2D eigenvalue weighted by atomic mass is 16.5. The van der Waals surface area contributed by atoms with Crippen molar-refractivity contribution in [2.75, 3.05) is 6.61 Å². The average molecular weight is 352 g/mol. The molecule has 0 atom stereocenters. The van der Waals surface area contributed by atoms with Crippen LogP contribution in [0.1, 0.15) is 17.0 Å². The molecular weight excluding hydrogens is 332 g/mol. The van der Waals surface area contributed by atoms with Crippen LogP contribution in [0.2, 0.25) is 0 Å². The molecule has 2 aromatic carbocycles. The average Bonchev–Trinajstić information content (AvgIpc) is 3.03. The summed E-state index contributed by atoms with van der Waals surface area (Å²) in [5, 5.41) is 0. The van der Waals surface area contributed by atoms with Gasteiger partial charge < -0.3 is 9.72 Å². The van der Waals surface area contributed by atoms with Crippen LogP contribution in [-0.4, -0.2) is 28.4 Å². The third-order valence-electron chi connectivity index (χ3n) is 3.96. The van der Waals surface area contributed by atoms with Crippen LogP contribution in [-0.2, 0) is 16.0 Å². The Morgan fingerprint density at radius 2 is 1.81 bits per heavy atom. The molecule has 0 fully saturated rings. The Hall–Kier alpha value is -3.35. The van der Waals surface area contributed by atoms with Crippen LogP contribution in [0.3, 0.4) is 0 Å². The highest BCUT2D eigenvalue weighted by molar-refractivity contribution is 5.84. The lowest BCUT2D eigenvalue weighted by Crippen LogP contribution is -2.44. The molecule has 7 nitrogen and oxygen atoms in total. The maximum Gasteiger partial charge on any atom is 0.276 e. The summed E-state index contributed by atoms with van der Waals surface area (Å²) in [4.78, 5) is 31.1. The van der Waals surface area contributed by atoms with Crippen molar-refractivity contribution in [3.05, 3.63) is 59.4 Å². The van der Waals surface area contributed by atoms with Gasteiger partial charge in [0.15, 0.2) is 6.61 Å². The van der Waals surface area contributed by atoms with Gasteiger partial charge in [0.05, 0.1) is 17.5 Å². The van der Waals surface area contributed by atoms with Crippen molar-refractivity contribution in [1.82, 2.24) is 20.8 Å². The van der Waals surface area contributed by atoms with Crippen LogP contribution in [0.4, 0.5) is 0 Å². The third-order valence-corrected chi connectivity index (χ3v) is 3.96. The van der Waals surface area contributed by atoms with Crippen molar-refractivity contribution in [3.8, 4) is 5.75 Å². The van der Waals surface area contributed by atoms with E-state index < -0.39 is 5.91 Å². The molecule has 3 aromatic rings. The lowest BCUT2D eigenvalue weighted by Gasteiger charge is -2.09. The second-order valence-corrected chi connectivity index (χ2v) is 6.01. The SMILES string of the molecule is Cc1ccc(OCC(=O)NNC(=O)Cc2nc3ccccc3[nH]2)cc1C. The summed E-state index contributed by atoms with van der Waals surface area (Å²) < 4.78 is 5.41. The van der Waals surface area contributed by atoms with Gasteiger partial charge in [-0.3, -0.25) is 20.4 Å². The number of amides is 2. The first kappa shape index (κ1) is 17.5.